The summed E-state index contributed by atoms with van der Waals surface area (Å²) in [6.45, 7) is 9.92. The van der Waals surface area contributed by atoms with Crippen molar-refractivity contribution in [3.05, 3.63) is 28.8 Å². The van der Waals surface area contributed by atoms with Crippen LogP contribution in [0.1, 0.15) is 33.3 Å². The number of nitrogens with one attached hydrogen (secondary N) is 1. The van der Waals surface area contributed by atoms with Crippen molar-refractivity contribution in [1.29, 1.82) is 5.26 Å². The molecule has 1 rings (SSSR count). The van der Waals surface area contributed by atoms with Crippen molar-refractivity contribution in [3.8, 4) is 6.07 Å². The van der Waals surface area contributed by atoms with Crippen LogP contribution in [0.15, 0.2) is 18.2 Å². The zero-order valence-electron chi connectivity index (χ0n) is 11.5. The zero-order chi connectivity index (χ0) is 13.7. The summed E-state index contributed by atoms with van der Waals surface area (Å²) in [4.78, 5) is 0. The molecule has 0 aliphatic heterocycles. The van der Waals surface area contributed by atoms with Gasteiger partial charge in [-0.05, 0) is 36.0 Å². The third-order valence-electron chi connectivity index (χ3n) is 3.34. The van der Waals surface area contributed by atoms with Crippen LogP contribution in [0.25, 0.3) is 0 Å². The molecule has 0 aliphatic rings. The zero-order valence-corrected chi connectivity index (χ0v) is 12.3. The van der Waals surface area contributed by atoms with Gasteiger partial charge in [0.1, 0.15) is 6.07 Å². The maximum Gasteiger partial charge on any atom is 0.101 e. The molecule has 18 heavy (non-hydrogen) atoms. The van der Waals surface area contributed by atoms with E-state index in [9.17, 15) is 0 Å². The van der Waals surface area contributed by atoms with Gasteiger partial charge < -0.3 is 5.32 Å². The van der Waals surface area contributed by atoms with E-state index in [-0.39, 0.29) is 0 Å². The predicted octanol–water partition coefficient (Wildman–Crippen LogP) is 4.55. The van der Waals surface area contributed by atoms with Gasteiger partial charge >= 0.3 is 0 Å². The van der Waals surface area contributed by atoms with E-state index >= 15 is 0 Å². The number of hydrogen-bond acceptors (Lipinski definition) is 2. The topological polar surface area (TPSA) is 35.8 Å². The van der Waals surface area contributed by atoms with Gasteiger partial charge in [0.25, 0.3) is 0 Å². The molecule has 1 aromatic carbocycles. The van der Waals surface area contributed by atoms with Gasteiger partial charge in [0.05, 0.1) is 10.6 Å². The van der Waals surface area contributed by atoms with Crippen molar-refractivity contribution < 1.29 is 0 Å². The second-order valence-electron chi connectivity index (χ2n) is 5.34. The van der Waals surface area contributed by atoms with Crippen LogP contribution < -0.4 is 5.32 Å². The summed E-state index contributed by atoms with van der Waals surface area (Å²) in [5.74, 6) is 1.91. The molecule has 3 heteroatoms. The Kier molecular flexibility index (Phi) is 5.50. The highest BCUT2D eigenvalue weighted by Crippen LogP contribution is 2.23. The van der Waals surface area contributed by atoms with Crippen LogP contribution in [0.3, 0.4) is 0 Å². The minimum atomic E-state index is 0.508. The van der Waals surface area contributed by atoms with Crippen molar-refractivity contribution in [2.75, 3.05) is 11.9 Å². The molecule has 1 aromatic rings. The van der Waals surface area contributed by atoms with E-state index in [4.69, 9.17) is 16.9 Å². The monoisotopic (exact) mass is 264 g/mol. The van der Waals surface area contributed by atoms with Gasteiger partial charge in [0, 0.05) is 12.2 Å². The summed E-state index contributed by atoms with van der Waals surface area (Å²) in [5, 5.41) is 12.7. The molecule has 0 saturated carbocycles. The van der Waals surface area contributed by atoms with Gasteiger partial charge in [-0.25, -0.2) is 0 Å². The Morgan fingerprint density at radius 2 is 1.83 bits per heavy atom. The Morgan fingerprint density at radius 1 is 1.22 bits per heavy atom. The van der Waals surface area contributed by atoms with Crippen LogP contribution in [0.5, 0.6) is 0 Å². The van der Waals surface area contributed by atoms with E-state index < -0.39 is 0 Å². The molecule has 0 radical (unpaired) electrons. The summed E-state index contributed by atoms with van der Waals surface area (Å²) in [7, 11) is 0. The lowest BCUT2D eigenvalue weighted by Crippen LogP contribution is -2.24. The molecule has 0 heterocycles. The van der Waals surface area contributed by atoms with Gasteiger partial charge in [-0.3, -0.25) is 0 Å². The highest BCUT2D eigenvalue weighted by Gasteiger charge is 2.17. The largest absolute Gasteiger partial charge is 0.385 e. The molecule has 0 spiro atoms. The molecule has 0 fully saturated rings. The van der Waals surface area contributed by atoms with Crippen LogP contribution in [0.4, 0.5) is 5.69 Å². The molecule has 0 aliphatic carbocycles. The molecule has 2 nitrogen and oxygen atoms in total. The summed E-state index contributed by atoms with van der Waals surface area (Å²) in [6.07, 6.45) is 0. The molecular weight excluding hydrogens is 244 g/mol. The Morgan fingerprint density at radius 3 is 2.28 bits per heavy atom. The molecule has 0 saturated heterocycles. The number of nitrogens with zero attached hydrogens (tertiary/aromatic N) is 1. The summed E-state index contributed by atoms with van der Waals surface area (Å²) < 4.78 is 0. The first-order valence-electron chi connectivity index (χ1n) is 6.39. The molecule has 98 valence electrons. The number of nitriles is 1. The molecule has 0 aromatic heterocycles. The lowest BCUT2D eigenvalue weighted by Gasteiger charge is -2.25. The smallest absolute Gasteiger partial charge is 0.101 e. The SMILES string of the molecule is CC(C)C(CNc1ccc(C#N)c(Cl)c1)C(C)C. The number of hydrogen-bond donors (Lipinski definition) is 1. The fourth-order valence-corrected chi connectivity index (χ4v) is 2.42. The van der Waals surface area contributed by atoms with Crippen LogP contribution in [0.2, 0.25) is 5.02 Å². The number of halogens is 1. The van der Waals surface area contributed by atoms with Crippen molar-refractivity contribution >= 4 is 17.3 Å². The second-order valence-corrected chi connectivity index (χ2v) is 5.75. The summed E-state index contributed by atoms with van der Waals surface area (Å²) in [5.41, 5.74) is 1.50. The molecule has 0 amide bonds. The van der Waals surface area contributed by atoms with E-state index in [1.165, 1.54) is 0 Å². The van der Waals surface area contributed by atoms with Crippen LogP contribution in [-0.2, 0) is 0 Å². The third kappa shape index (κ3) is 3.92. The van der Waals surface area contributed by atoms with Gasteiger partial charge in [-0.1, -0.05) is 39.3 Å². The van der Waals surface area contributed by atoms with E-state index in [1.54, 1.807) is 6.07 Å². The van der Waals surface area contributed by atoms with Crippen molar-refractivity contribution in [2.24, 2.45) is 17.8 Å². The molecule has 0 unspecified atom stereocenters. The standard InChI is InChI=1S/C15H21ClN2/c1-10(2)14(11(3)4)9-18-13-6-5-12(8-17)15(16)7-13/h5-7,10-11,14,18H,9H2,1-4H3. The summed E-state index contributed by atoms with van der Waals surface area (Å²) >= 11 is 6.01. The average Bonchev–Trinajstić information content (AvgIpc) is 2.28. The maximum absolute atomic E-state index is 8.82. The van der Waals surface area contributed by atoms with Gasteiger partial charge in [-0.2, -0.15) is 5.26 Å². The third-order valence-corrected chi connectivity index (χ3v) is 3.66. The van der Waals surface area contributed by atoms with Crippen molar-refractivity contribution in [2.45, 2.75) is 27.7 Å². The van der Waals surface area contributed by atoms with E-state index in [0.717, 1.165) is 12.2 Å². The second kappa shape index (κ2) is 6.66. The van der Waals surface area contributed by atoms with Gasteiger partial charge in [0.2, 0.25) is 0 Å². The first-order valence-corrected chi connectivity index (χ1v) is 6.77. The van der Waals surface area contributed by atoms with Gasteiger partial charge in [-0.15, -0.1) is 0 Å². The Balaban J connectivity index is 2.69. The minimum absolute atomic E-state index is 0.508. The van der Waals surface area contributed by atoms with E-state index in [2.05, 4.69) is 39.1 Å². The normalized spacial score (nSPS) is 11.1. The number of benzene rings is 1. The maximum atomic E-state index is 8.82. The molecular formula is C15H21ClN2. The van der Waals surface area contributed by atoms with Gasteiger partial charge in [0.15, 0.2) is 0 Å². The van der Waals surface area contributed by atoms with E-state index in [0.29, 0.717) is 28.3 Å². The van der Waals surface area contributed by atoms with Crippen molar-refractivity contribution in [1.82, 2.24) is 0 Å². The average molecular weight is 265 g/mol. The van der Waals surface area contributed by atoms with Crippen molar-refractivity contribution in [3.63, 3.8) is 0 Å². The van der Waals surface area contributed by atoms with E-state index in [1.807, 2.05) is 12.1 Å². The van der Waals surface area contributed by atoms with Crippen LogP contribution in [-0.4, -0.2) is 6.54 Å². The van der Waals surface area contributed by atoms with Crippen LogP contribution >= 0.6 is 11.6 Å². The highest BCUT2D eigenvalue weighted by molar-refractivity contribution is 6.32. The number of rotatable bonds is 5. The first kappa shape index (κ1) is 14.9. The first-order chi connectivity index (χ1) is 8.45. The Bertz CT molecular complexity index is 425. The fraction of sp³-hybridized carbons (Fsp3) is 0.533. The minimum Gasteiger partial charge on any atom is -0.385 e. The molecule has 1 N–H and O–H groups in total. The Labute approximate surface area is 115 Å². The highest BCUT2D eigenvalue weighted by atomic mass is 35.5. The fourth-order valence-electron chi connectivity index (χ4n) is 2.19. The molecule has 0 atom stereocenters. The lowest BCUT2D eigenvalue weighted by atomic mass is 9.85. The number of anilines is 1. The quantitative estimate of drug-likeness (QED) is 0.847. The predicted molar refractivity (Wildman–Crippen MR) is 77.8 cm³/mol. The van der Waals surface area contributed by atoms with Crippen LogP contribution in [0, 0.1) is 29.1 Å². The lowest BCUT2D eigenvalue weighted by molar-refractivity contribution is 0.304. The molecule has 0 bridgehead atoms. The summed E-state index contributed by atoms with van der Waals surface area (Å²) in [6, 6.07) is 7.54. The Hall–Kier alpha value is -1.20.